The van der Waals surface area contributed by atoms with E-state index in [1.165, 1.54) is 5.69 Å². The second-order valence-electron chi connectivity index (χ2n) is 10.4. The van der Waals surface area contributed by atoms with E-state index in [9.17, 15) is 0 Å². The van der Waals surface area contributed by atoms with Crippen LogP contribution in [0.5, 0.6) is 23.0 Å². The molecule has 0 N–H and O–H groups in total. The number of rotatable bonds is 16. The van der Waals surface area contributed by atoms with Crippen molar-refractivity contribution in [3.05, 3.63) is 78.0 Å². The second kappa shape index (κ2) is 15.3. The molecule has 0 aliphatic rings. The summed E-state index contributed by atoms with van der Waals surface area (Å²) >= 11 is 0. The number of imidazole rings is 1. The Balaban J connectivity index is 1.83. The second-order valence-corrected chi connectivity index (χ2v) is 10.4. The minimum atomic E-state index is 0.617. The highest BCUT2D eigenvalue weighted by molar-refractivity contribution is 5.69. The number of benzene rings is 3. The third-order valence-corrected chi connectivity index (χ3v) is 7.58. The van der Waals surface area contributed by atoms with Gasteiger partial charge in [-0.3, -0.25) is 4.90 Å². The standard InChI is InChI=1S/C35H45N3O4/c1-7-9-22-37(24-28-18-21-31(40-4)34(42-6)33(28)41-5)25-30-32(26-16-19-29(39-3)20-17-26)36-35(38(30)23-10-8-2)27-14-12-11-13-15-27/h11-21H,7-10,22-25H2,1-6H3. The summed E-state index contributed by atoms with van der Waals surface area (Å²) in [6, 6.07) is 22.8. The summed E-state index contributed by atoms with van der Waals surface area (Å²) in [6.45, 7) is 7.75. The molecular weight excluding hydrogens is 526 g/mol. The Morgan fingerprint density at radius 2 is 1.40 bits per heavy atom. The molecule has 0 aliphatic heterocycles. The van der Waals surface area contributed by atoms with E-state index in [0.717, 1.165) is 79.3 Å². The fourth-order valence-corrected chi connectivity index (χ4v) is 5.33. The molecule has 0 fully saturated rings. The lowest BCUT2D eigenvalue weighted by Gasteiger charge is -2.26. The molecule has 42 heavy (non-hydrogen) atoms. The van der Waals surface area contributed by atoms with Crippen LogP contribution in [0, 0.1) is 0 Å². The van der Waals surface area contributed by atoms with E-state index in [2.05, 4.69) is 71.8 Å². The van der Waals surface area contributed by atoms with Crippen LogP contribution in [-0.2, 0) is 19.6 Å². The third kappa shape index (κ3) is 7.08. The lowest BCUT2D eigenvalue weighted by Crippen LogP contribution is -2.26. The van der Waals surface area contributed by atoms with E-state index in [-0.39, 0.29) is 0 Å². The van der Waals surface area contributed by atoms with Crippen molar-refractivity contribution in [2.24, 2.45) is 0 Å². The van der Waals surface area contributed by atoms with Crippen LogP contribution in [0.4, 0.5) is 0 Å². The van der Waals surface area contributed by atoms with Crippen LogP contribution in [0.1, 0.15) is 50.8 Å². The maximum atomic E-state index is 5.86. The molecule has 3 aromatic carbocycles. The van der Waals surface area contributed by atoms with Gasteiger partial charge >= 0.3 is 0 Å². The number of ether oxygens (including phenoxy) is 4. The number of nitrogens with zero attached hydrogens (tertiary/aromatic N) is 3. The van der Waals surface area contributed by atoms with Gasteiger partial charge in [-0.05, 0) is 49.7 Å². The van der Waals surface area contributed by atoms with E-state index in [1.807, 2.05) is 18.2 Å². The van der Waals surface area contributed by atoms with Crippen molar-refractivity contribution in [1.29, 1.82) is 0 Å². The molecule has 0 atom stereocenters. The predicted molar refractivity (Wildman–Crippen MR) is 170 cm³/mol. The Bertz CT molecular complexity index is 1400. The normalized spacial score (nSPS) is 11.1. The highest BCUT2D eigenvalue weighted by atomic mass is 16.5. The molecule has 0 bridgehead atoms. The van der Waals surface area contributed by atoms with E-state index < -0.39 is 0 Å². The lowest BCUT2D eigenvalue weighted by atomic mass is 10.1. The van der Waals surface area contributed by atoms with Crippen LogP contribution >= 0.6 is 0 Å². The summed E-state index contributed by atoms with van der Waals surface area (Å²) in [5.41, 5.74) is 5.48. The summed E-state index contributed by atoms with van der Waals surface area (Å²) in [5.74, 6) is 3.82. The van der Waals surface area contributed by atoms with Gasteiger partial charge in [0, 0.05) is 36.3 Å². The molecular formula is C35H45N3O4. The van der Waals surface area contributed by atoms with Crippen LogP contribution in [0.15, 0.2) is 66.7 Å². The van der Waals surface area contributed by atoms with Crippen molar-refractivity contribution in [2.75, 3.05) is 35.0 Å². The molecule has 4 rings (SSSR count). The van der Waals surface area contributed by atoms with Crippen LogP contribution in [0.2, 0.25) is 0 Å². The Kier molecular flexibility index (Phi) is 11.3. The van der Waals surface area contributed by atoms with Gasteiger partial charge in [-0.2, -0.15) is 0 Å². The fraction of sp³-hybridized carbons (Fsp3) is 0.400. The van der Waals surface area contributed by atoms with Crippen molar-refractivity contribution in [1.82, 2.24) is 14.5 Å². The molecule has 0 aliphatic carbocycles. The van der Waals surface area contributed by atoms with Crippen molar-refractivity contribution in [3.63, 3.8) is 0 Å². The number of methoxy groups -OCH3 is 4. The van der Waals surface area contributed by atoms with Gasteiger partial charge in [-0.15, -0.1) is 0 Å². The molecule has 1 heterocycles. The summed E-state index contributed by atoms with van der Waals surface area (Å²) in [5, 5.41) is 0. The SMILES string of the molecule is CCCCN(Cc1ccc(OC)c(OC)c1OC)Cc1c(-c2ccc(OC)cc2)nc(-c2ccccc2)n1CCCC. The van der Waals surface area contributed by atoms with Gasteiger partial charge in [0.2, 0.25) is 5.75 Å². The minimum Gasteiger partial charge on any atom is -0.497 e. The maximum absolute atomic E-state index is 5.86. The molecule has 7 heteroatoms. The summed E-state index contributed by atoms with van der Waals surface area (Å²) in [4.78, 5) is 7.81. The molecule has 1 aromatic heterocycles. The molecule has 0 spiro atoms. The molecule has 224 valence electrons. The van der Waals surface area contributed by atoms with Gasteiger partial charge in [0.1, 0.15) is 11.6 Å². The predicted octanol–water partition coefficient (Wildman–Crippen LogP) is 7.85. The highest BCUT2D eigenvalue weighted by Gasteiger charge is 2.24. The number of aromatic nitrogens is 2. The zero-order valence-corrected chi connectivity index (χ0v) is 26.0. The zero-order valence-electron chi connectivity index (χ0n) is 26.0. The maximum Gasteiger partial charge on any atom is 0.203 e. The van der Waals surface area contributed by atoms with E-state index >= 15 is 0 Å². The van der Waals surface area contributed by atoms with Gasteiger partial charge in [-0.25, -0.2) is 4.98 Å². The van der Waals surface area contributed by atoms with Crippen molar-refractivity contribution in [2.45, 2.75) is 59.2 Å². The lowest BCUT2D eigenvalue weighted by molar-refractivity contribution is 0.240. The van der Waals surface area contributed by atoms with Gasteiger partial charge in [0.05, 0.1) is 39.8 Å². The molecule has 0 radical (unpaired) electrons. The summed E-state index contributed by atoms with van der Waals surface area (Å²) in [6.07, 6.45) is 4.37. The topological polar surface area (TPSA) is 58.0 Å². The Hall–Kier alpha value is -3.97. The van der Waals surface area contributed by atoms with Crippen molar-refractivity contribution in [3.8, 4) is 45.6 Å². The average Bonchev–Trinajstić information content (AvgIpc) is 3.40. The van der Waals surface area contributed by atoms with Gasteiger partial charge in [0.25, 0.3) is 0 Å². The molecule has 0 saturated carbocycles. The Morgan fingerprint density at radius 3 is 2.02 bits per heavy atom. The first-order valence-corrected chi connectivity index (χ1v) is 14.9. The zero-order chi connectivity index (χ0) is 29.9. The summed E-state index contributed by atoms with van der Waals surface area (Å²) in [7, 11) is 6.68. The van der Waals surface area contributed by atoms with Gasteiger partial charge in [-0.1, -0.05) is 63.1 Å². The fourth-order valence-electron chi connectivity index (χ4n) is 5.33. The first-order valence-electron chi connectivity index (χ1n) is 14.9. The van der Waals surface area contributed by atoms with Crippen LogP contribution in [0.3, 0.4) is 0 Å². The third-order valence-electron chi connectivity index (χ3n) is 7.58. The first kappa shape index (κ1) is 31.0. The molecule has 4 aromatic rings. The van der Waals surface area contributed by atoms with Crippen molar-refractivity contribution < 1.29 is 18.9 Å². The monoisotopic (exact) mass is 571 g/mol. The van der Waals surface area contributed by atoms with E-state index in [4.69, 9.17) is 23.9 Å². The molecule has 0 saturated heterocycles. The Labute approximate surface area is 251 Å². The first-order chi connectivity index (χ1) is 20.6. The summed E-state index contributed by atoms with van der Waals surface area (Å²) < 4.78 is 25.0. The van der Waals surface area contributed by atoms with Crippen LogP contribution in [0.25, 0.3) is 22.6 Å². The van der Waals surface area contributed by atoms with Gasteiger partial charge < -0.3 is 23.5 Å². The largest absolute Gasteiger partial charge is 0.497 e. The molecule has 7 nitrogen and oxygen atoms in total. The Morgan fingerprint density at radius 1 is 0.690 bits per heavy atom. The van der Waals surface area contributed by atoms with E-state index in [1.54, 1.807) is 28.4 Å². The smallest absolute Gasteiger partial charge is 0.203 e. The van der Waals surface area contributed by atoms with Crippen LogP contribution < -0.4 is 18.9 Å². The van der Waals surface area contributed by atoms with E-state index in [0.29, 0.717) is 23.8 Å². The number of hydrogen-bond donors (Lipinski definition) is 0. The number of hydrogen-bond acceptors (Lipinski definition) is 6. The minimum absolute atomic E-state index is 0.617. The number of unbranched alkanes of at least 4 members (excludes halogenated alkanes) is 2. The quantitative estimate of drug-likeness (QED) is 0.136. The molecule has 0 amide bonds. The van der Waals surface area contributed by atoms with Crippen LogP contribution in [-0.4, -0.2) is 49.4 Å². The van der Waals surface area contributed by atoms with Gasteiger partial charge in [0.15, 0.2) is 11.5 Å². The van der Waals surface area contributed by atoms with Crippen molar-refractivity contribution >= 4 is 0 Å². The molecule has 0 unspecified atom stereocenters. The highest BCUT2D eigenvalue weighted by Crippen LogP contribution is 2.40. The average molecular weight is 572 g/mol.